The molecule has 1 aliphatic carbocycles. The quantitative estimate of drug-likeness (QED) is 0.758. The van der Waals surface area contributed by atoms with E-state index in [9.17, 15) is 9.59 Å². The summed E-state index contributed by atoms with van der Waals surface area (Å²) in [6.45, 7) is 0. The largest absolute Gasteiger partial charge is 0.480 e. The van der Waals surface area contributed by atoms with E-state index in [0.717, 1.165) is 0 Å². The first-order valence-electron chi connectivity index (χ1n) is 4.52. The fraction of sp³-hybridized carbons (Fsp3) is 0.400. The highest BCUT2D eigenvalue weighted by atomic mass is 16.5. The zero-order valence-corrected chi connectivity index (χ0v) is 8.15. The molecule has 0 radical (unpaired) electrons. The van der Waals surface area contributed by atoms with Gasteiger partial charge in [-0.05, 0) is 25.0 Å². The molecule has 0 aliphatic heterocycles. The molecule has 80 valence electrons. The number of rotatable bonds is 3. The van der Waals surface area contributed by atoms with Crippen LogP contribution in [0.25, 0.3) is 0 Å². The van der Waals surface area contributed by atoms with Gasteiger partial charge in [0.05, 0.1) is 7.11 Å². The third-order valence-electron chi connectivity index (χ3n) is 2.62. The van der Waals surface area contributed by atoms with Crippen LogP contribution in [0.4, 0.5) is 0 Å². The summed E-state index contributed by atoms with van der Waals surface area (Å²) in [5, 5.41) is 8.99. The summed E-state index contributed by atoms with van der Waals surface area (Å²) in [5.41, 5.74) is -0.910. The van der Waals surface area contributed by atoms with Crippen LogP contribution in [0.2, 0.25) is 0 Å². The number of aliphatic carboxylic acids is 1. The number of furan rings is 1. The van der Waals surface area contributed by atoms with Crippen LogP contribution in [0.3, 0.4) is 0 Å². The molecular formula is C10H10O5. The van der Waals surface area contributed by atoms with E-state index in [1.807, 2.05) is 0 Å². The number of ether oxygens (including phenoxy) is 1. The topological polar surface area (TPSA) is 76.7 Å². The van der Waals surface area contributed by atoms with E-state index in [1.54, 1.807) is 0 Å². The minimum atomic E-state index is -0.910. The van der Waals surface area contributed by atoms with Gasteiger partial charge in [0.15, 0.2) is 0 Å². The van der Waals surface area contributed by atoms with Crippen LogP contribution in [-0.4, -0.2) is 24.2 Å². The Labute approximate surface area is 85.6 Å². The summed E-state index contributed by atoms with van der Waals surface area (Å²) < 4.78 is 9.63. The Morgan fingerprint density at radius 1 is 1.47 bits per heavy atom. The Morgan fingerprint density at radius 2 is 2.13 bits per heavy atom. The van der Waals surface area contributed by atoms with Gasteiger partial charge in [-0.15, -0.1) is 0 Å². The monoisotopic (exact) mass is 210 g/mol. The molecule has 5 heteroatoms. The second-order valence-electron chi connectivity index (χ2n) is 3.54. The highest BCUT2D eigenvalue weighted by Gasteiger charge is 2.54. The molecule has 2 rings (SSSR count). The highest BCUT2D eigenvalue weighted by Crippen LogP contribution is 2.48. The summed E-state index contributed by atoms with van der Waals surface area (Å²) >= 11 is 0. The lowest BCUT2D eigenvalue weighted by Gasteiger charge is -2.04. The van der Waals surface area contributed by atoms with Crippen molar-refractivity contribution < 1.29 is 23.8 Å². The zero-order chi connectivity index (χ0) is 11.1. The predicted molar refractivity (Wildman–Crippen MR) is 48.6 cm³/mol. The fourth-order valence-corrected chi connectivity index (χ4v) is 1.50. The summed E-state index contributed by atoms with van der Waals surface area (Å²) in [6.07, 6.45) is 1.10. The second kappa shape index (κ2) is 3.12. The van der Waals surface area contributed by atoms with E-state index in [1.165, 1.54) is 19.2 Å². The van der Waals surface area contributed by atoms with E-state index in [2.05, 4.69) is 4.74 Å². The maximum absolute atomic E-state index is 11.1. The summed E-state index contributed by atoms with van der Waals surface area (Å²) in [6, 6.07) is 2.96. The van der Waals surface area contributed by atoms with Gasteiger partial charge in [0, 0.05) is 0 Å². The van der Waals surface area contributed by atoms with Crippen molar-refractivity contribution in [3.63, 3.8) is 0 Å². The number of carboxylic acids is 1. The van der Waals surface area contributed by atoms with Crippen LogP contribution in [0.1, 0.15) is 29.2 Å². The van der Waals surface area contributed by atoms with Gasteiger partial charge >= 0.3 is 11.9 Å². The third kappa shape index (κ3) is 1.40. The van der Waals surface area contributed by atoms with Gasteiger partial charge in [0.25, 0.3) is 0 Å². The SMILES string of the molecule is COC(=O)c1ccc(C2(C(=O)O)CC2)o1. The maximum Gasteiger partial charge on any atom is 0.373 e. The molecule has 1 N–H and O–H groups in total. The van der Waals surface area contributed by atoms with Crippen LogP contribution >= 0.6 is 0 Å². The van der Waals surface area contributed by atoms with Gasteiger partial charge in [-0.2, -0.15) is 0 Å². The number of esters is 1. The Kier molecular flexibility index (Phi) is 2.03. The van der Waals surface area contributed by atoms with Crippen LogP contribution < -0.4 is 0 Å². The second-order valence-corrected chi connectivity index (χ2v) is 3.54. The van der Waals surface area contributed by atoms with Gasteiger partial charge < -0.3 is 14.3 Å². The number of carbonyl (C=O) groups is 2. The molecule has 0 spiro atoms. The van der Waals surface area contributed by atoms with E-state index in [-0.39, 0.29) is 5.76 Å². The van der Waals surface area contributed by atoms with Crippen molar-refractivity contribution in [2.75, 3.05) is 7.11 Å². The maximum atomic E-state index is 11.1. The molecule has 5 nitrogen and oxygen atoms in total. The number of methoxy groups -OCH3 is 1. The Morgan fingerprint density at radius 3 is 2.60 bits per heavy atom. The van der Waals surface area contributed by atoms with Crippen LogP contribution in [-0.2, 0) is 14.9 Å². The van der Waals surface area contributed by atoms with Crippen molar-refractivity contribution in [3.8, 4) is 0 Å². The molecule has 1 heterocycles. The van der Waals surface area contributed by atoms with Crippen molar-refractivity contribution in [1.82, 2.24) is 0 Å². The fourth-order valence-electron chi connectivity index (χ4n) is 1.50. The molecule has 0 atom stereocenters. The number of carbonyl (C=O) groups excluding carboxylic acids is 1. The average Bonchev–Trinajstić information content (AvgIpc) is 2.90. The molecule has 0 saturated heterocycles. The zero-order valence-electron chi connectivity index (χ0n) is 8.15. The number of carboxylic acid groups (broad SMARTS) is 1. The lowest BCUT2D eigenvalue weighted by atomic mass is 10.1. The van der Waals surface area contributed by atoms with E-state index in [0.29, 0.717) is 18.6 Å². The Bertz CT molecular complexity index is 413. The van der Waals surface area contributed by atoms with Gasteiger partial charge in [-0.3, -0.25) is 4.79 Å². The molecular weight excluding hydrogens is 200 g/mol. The van der Waals surface area contributed by atoms with E-state index >= 15 is 0 Å². The van der Waals surface area contributed by atoms with Crippen LogP contribution in [0.15, 0.2) is 16.5 Å². The summed E-state index contributed by atoms with van der Waals surface area (Å²) in [7, 11) is 1.24. The summed E-state index contributed by atoms with van der Waals surface area (Å²) in [5.74, 6) is -1.13. The van der Waals surface area contributed by atoms with Crippen molar-refractivity contribution in [3.05, 3.63) is 23.7 Å². The minimum Gasteiger partial charge on any atom is -0.480 e. The molecule has 0 unspecified atom stereocenters. The molecule has 0 aromatic carbocycles. The van der Waals surface area contributed by atoms with Gasteiger partial charge in [-0.1, -0.05) is 0 Å². The van der Waals surface area contributed by atoms with Gasteiger partial charge in [0.2, 0.25) is 5.76 Å². The molecule has 0 amide bonds. The lowest BCUT2D eigenvalue weighted by molar-refractivity contribution is -0.140. The summed E-state index contributed by atoms with van der Waals surface area (Å²) in [4.78, 5) is 22.0. The average molecular weight is 210 g/mol. The molecule has 15 heavy (non-hydrogen) atoms. The smallest absolute Gasteiger partial charge is 0.373 e. The highest BCUT2D eigenvalue weighted by molar-refractivity contribution is 5.87. The van der Waals surface area contributed by atoms with Gasteiger partial charge in [0.1, 0.15) is 11.2 Å². The van der Waals surface area contributed by atoms with Crippen LogP contribution in [0.5, 0.6) is 0 Å². The number of hydrogen-bond acceptors (Lipinski definition) is 4. The molecule has 1 aromatic rings. The van der Waals surface area contributed by atoms with Crippen molar-refractivity contribution in [2.45, 2.75) is 18.3 Å². The number of hydrogen-bond donors (Lipinski definition) is 1. The predicted octanol–water partition coefficient (Wildman–Crippen LogP) is 1.18. The minimum absolute atomic E-state index is 0.0417. The standard InChI is InChI=1S/C10H10O5/c1-14-8(11)6-2-3-7(15-6)10(4-5-10)9(12)13/h2-3H,4-5H2,1H3,(H,12,13). The first-order valence-corrected chi connectivity index (χ1v) is 4.52. The van der Waals surface area contributed by atoms with E-state index in [4.69, 9.17) is 9.52 Å². The van der Waals surface area contributed by atoms with Crippen molar-refractivity contribution >= 4 is 11.9 Å². The molecule has 1 aliphatic rings. The first-order chi connectivity index (χ1) is 7.10. The lowest BCUT2D eigenvalue weighted by Crippen LogP contribution is -2.18. The normalized spacial score (nSPS) is 17.1. The first kappa shape index (κ1) is 9.76. The van der Waals surface area contributed by atoms with Gasteiger partial charge in [-0.25, -0.2) is 4.79 Å². The van der Waals surface area contributed by atoms with Crippen molar-refractivity contribution in [2.24, 2.45) is 0 Å². The molecule has 0 bridgehead atoms. The molecule has 1 fully saturated rings. The van der Waals surface area contributed by atoms with E-state index < -0.39 is 17.4 Å². The Balaban J connectivity index is 2.28. The van der Waals surface area contributed by atoms with Crippen molar-refractivity contribution in [1.29, 1.82) is 0 Å². The van der Waals surface area contributed by atoms with Crippen LogP contribution in [0, 0.1) is 0 Å². The molecule has 1 aromatic heterocycles. The Hall–Kier alpha value is -1.78. The third-order valence-corrected chi connectivity index (χ3v) is 2.62. The molecule has 1 saturated carbocycles.